The van der Waals surface area contributed by atoms with Gasteiger partial charge in [0.2, 0.25) is 0 Å². The van der Waals surface area contributed by atoms with Crippen molar-refractivity contribution in [2.24, 2.45) is 0 Å². The van der Waals surface area contributed by atoms with Gasteiger partial charge in [-0.1, -0.05) is 12.1 Å². The van der Waals surface area contributed by atoms with E-state index in [-0.39, 0.29) is 25.4 Å². The molecule has 5 nitrogen and oxygen atoms in total. The predicted molar refractivity (Wildman–Crippen MR) is 76.7 cm³/mol. The van der Waals surface area contributed by atoms with E-state index in [4.69, 9.17) is 15.3 Å². The summed E-state index contributed by atoms with van der Waals surface area (Å²) in [6.07, 6.45) is 0.485. The second-order valence-electron chi connectivity index (χ2n) is 3.92. The fraction of sp³-hybridized carbons (Fsp3) is 0.357. The summed E-state index contributed by atoms with van der Waals surface area (Å²) in [5.74, 6) is 0.354. The van der Waals surface area contributed by atoms with Crippen molar-refractivity contribution in [2.45, 2.75) is 12.8 Å². The van der Waals surface area contributed by atoms with E-state index >= 15 is 0 Å². The van der Waals surface area contributed by atoms with E-state index in [1.807, 2.05) is 30.3 Å². The number of hydrogen-bond acceptors (Lipinski definition) is 4. The van der Waals surface area contributed by atoms with Crippen molar-refractivity contribution in [3.05, 3.63) is 28.7 Å². The normalized spacial score (nSPS) is 9.35. The molecule has 1 aromatic rings. The molecule has 0 aliphatic heterocycles. The summed E-state index contributed by atoms with van der Waals surface area (Å²) < 4.78 is 6.21. The van der Waals surface area contributed by atoms with Gasteiger partial charge < -0.3 is 9.64 Å². The standard InChI is InChI=1S/C14H14BrN3O2/c15-12-5-1-2-6-13(12)20-11-14(19)18(9-3-7-16)10-4-8-17/h1-2,5-6H,3-4,9-11H2. The van der Waals surface area contributed by atoms with E-state index in [9.17, 15) is 4.79 Å². The largest absolute Gasteiger partial charge is 0.483 e. The topological polar surface area (TPSA) is 77.1 Å². The van der Waals surface area contributed by atoms with Crippen molar-refractivity contribution in [2.75, 3.05) is 19.7 Å². The third-order valence-electron chi connectivity index (χ3n) is 2.53. The Hall–Kier alpha value is -2.05. The van der Waals surface area contributed by atoms with Crippen LogP contribution in [0, 0.1) is 22.7 Å². The molecule has 0 heterocycles. The summed E-state index contributed by atoms with van der Waals surface area (Å²) in [4.78, 5) is 13.5. The maximum atomic E-state index is 12.0. The summed E-state index contributed by atoms with van der Waals surface area (Å²) >= 11 is 3.33. The number of carbonyl (C=O) groups is 1. The molecular formula is C14H14BrN3O2. The number of hydrogen-bond donors (Lipinski definition) is 0. The molecule has 0 aliphatic carbocycles. The lowest BCUT2D eigenvalue weighted by atomic mass is 10.3. The SMILES string of the molecule is N#CCCN(CCC#N)C(=O)COc1ccccc1Br. The van der Waals surface area contributed by atoms with Gasteiger partial charge in [0, 0.05) is 13.1 Å². The Kier molecular flexibility index (Phi) is 7.16. The Morgan fingerprint density at radius 1 is 1.20 bits per heavy atom. The van der Waals surface area contributed by atoms with Gasteiger partial charge in [-0.15, -0.1) is 0 Å². The van der Waals surface area contributed by atoms with E-state index in [0.717, 1.165) is 4.47 Å². The third kappa shape index (κ3) is 5.29. The molecule has 104 valence electrons. The zero-order valence-electron chi connectivity index (χ0n) is 10.9. The van der Waals surface area contributed by atoms with Gasteiger partial charge >= 0.3 is 0 Å². The molecule has 1 rings (SSSR count). The molecule has 0 unspecified atom stereocenters. The van der Waals surface area contributed by atoms with Gasteiger partial charge in [-0.05, 0) is 28.1 Å². The van der Waals surface area contributed by atoms with Crippen molar-refractivity contribution in [1.29, 1.82) is 10.5 Å². The third-order valence-corrected chi connectivity index (χ3v) is 3.18. The fourth-order valence-corrected chi connectivity index (χ4v) is 1.92. The number of halogens is 1. The Morgan fingerprint density at radius 3 is 2.35 bits per heavy atom. The minimum absolute atomic E-state index is 0.112. The summed E-state index contributed by atoms with van der Waals surface area (Å²) in [5.41, 5.74) is 0. The van der Waals surface area contributed by atoms with Crippen LogP contribution < -0.4 is 4.74 Å². The first-order valence-electron chi connectivity index (χ1n) is 6.08. The maximum absolute atomic E-state index is 12.0. The number of amides is 1. The highest BCUT2D eigenvalue weighted by atomic mass is 79.9. The van der Waals surface area contributed by atoms with Crippen LogP contribution >= 0.6 is 15.9 Å². The zero-order valence-corrected chi connectivity index (χ0v) is 12.5. The van der Waals surface area contributed by atoms with Crippen molar-refractivity contribution in [1.82, 2.24) is 4.90 Å². The molecule has 0 bridgehead atoms. The van der Waals surface area contributed by atoms with Gasteiger partial charge in [-0.25, -0.2) is 0 Å². The van der Waals surface area contributed by atoms with Gasteiger partial charge in [0.05, 0.1) is 29.5 Å². The Bertz CT molecular complexity index is 516. The van der Waals surface area contributed by atoms with Crippen LogP contribution in [0.2, 0.25) is 0 Å². The molecule has 0 radical (unpaired) electrons. The first-order chi connectivity index (χ1) is 9.69. The molecule has 0 N–H and O–H groups in total. The molecule has 0 saturated heterocycles. The van der Waals surface area contributed by atoms with Crippen LogP contribution in [0.25, 0.3) is 0 Å². The van der Waals surface area contributed by atoms with Gasteiger partial charge in [0.25, 0.3) is 5.91 Å². The molecule has 0 spiro atoms. The second-order valence-corrected chi connectivity index (χ2v) is 4.77. The summed E-state index contributed by atoms with van der Waals surface area (Å²) in [7, 11) is 0. The summed E-state index contributed by atoms with van der Waals surface area (Å²) in [6.45, 7) is 0.520. The van der Waals surface area contributed by atoms with E-state index in [1.54, 1.807) is 6.07 Å². The Morgan fingerprint density at radius 2 is 1.80 bits per heavy atom. The van der Waals surface area contributed by atoms with Crippen LogP contribution in [0.15, 0.2) is 28.7 Å². The monoisotopic (exact) mass is 335 g/mol. The smallest absolute Gasteiger partial charge is 0.260 e. The highest BCUT2D eigenvalue weighted by Gasteiger charge is 2.14. The van der Waals surface area contributed by atoms with Crippen LogP contribution in [0.5, 0.6) is 5.75 Å². The molecule has 1 amide bonds. The maximum Gasteiger partial charge on any atom is 0.260 e. The average Bonchev–Trinajstić information content (AvgIpc) is 2.46. The zero-order chi connectivity index (χ0) is 14.8. The molecule has 1 aromatic carbocycles. The number of para-hydroxylation sites is 1. The molecule has 0 aliphatic rings. The second kappa shape index (κ2) is 8.95. The molecular weight excluding hydrogens is 322 g/mol. The molecule has 0 atom stereocenters. The first kappa shape index (κ1) is 16.0. The molecule has 0 saturated carbocycles. The summed E-state index contributed by atoms with van der Waals surface area (Å²) in [6, 6.07) is 11.2. The quantitative estimate of drug-likeness (QED) is 0.766. The fourth-order valence-electron chi connectivity index (χ4n) is 1.52. The van der Waals surface area contributed by atoms with Gasteiger partial charge in [0.15, 0.2) is 6.61 Å². The summed E-state index contributed by atoms with van der Waals surface area (Å²) in [5, 5.41) is 17.2. The van der Waals surface area contributed by atoms with Gasteiger partial charge in [-0.3, -0.25) is 4.79 Å². The van der Waals surface area contributed by atoms with Crippen LogP contribution in [0.3, 0.4) is 0 Å². The Balaban J connectivity index is 2.55. The minimum Gasteiger partial charge on any atom is -0.483 e. The number of benzene rings is 1. The number of carbonyl (C=O) groups excluding carboxylic acids is 1. The molecule has 0 fully saturated rings. The van der Waals surface area contributed by atoms with E-state index < -0.39 is 0 Å². The van der Waals surface area contributed by atoms with E-state index in [1.165, 1.54) is 4.90 Å². The number of rotatable bonds is 7. The molecule has 20 heavy (non-hydrogen) atoms. The first-order valence-corrected chi connectivity index (χ1v) is 6.87. The van der Waals surface area contributed by atoms with Crippen molar-refractivity contribution in [3.63, 3.8) is 0 Å². The predicted octanol–water partition coefficient (Wildman–Crippen LogP) is 2.48. The van der Waals surface area contributed by atoms with Crippen molar-refractivity contribution in [3.8, 4) is 17.9 Å². The molecule has 0 aromatic heterocycles. The number of nitriles is 2. The highest BCUT2D eigenvalue weighted by Crippen LogP contribution is 2.23. The Labute approximate surface area is 126 Å². The van der Waals surface area contributed by atoms with Gasteiger partial charge in [-0.2, -0.15) is 10.5 Å². The van der Waals surface area contributed by atoms with Crippen LogP contribution in [0.4, 0.5) is 0 Å². The van der Waals surface area contributed by atoms with Gasteiger partial charge in [0.1, 0.15) is 5.75 Å². The lowest BCUT2D eigenvalue weighted by Crippen LogP contribution is -2.36. The average molecular weight is 336 g/mol. The van der Waals surface area contributed by atoms with Crippen LogP contribution in [-0.4, -0.2) is 30.5 Å². The lowest BCUT2D eigenvalue weighted by molar-refractivity contribution is -0.133. The highest BCUT2D eigenvalue weighted by molar-refractivity contribution is 9.10. The number of ether oxygens (including phenoxy) is 1. The minimum atomic E-state index is -0.230. The van der Waals surface area contributed by atoms with Crippen LogP contribution in [-0.2, 0) is 4.79 Å². The number of nitrogens with zero attached hydrogens (tertiary/aromatic N) is 3. The molecule has 6 heteroatoms. The van der Waals surface area contributed by atoms with Crippen molar-refractivity contribution < 1.29 is 9.53 Å². The van der Waals surface area contributed by atoms with Crippen LogP contribution in [0.1, 0.15) is 12.8 Å². The van der Waals surface area contributed by atoms with E-state index in [0.29, 0.717) is 18.8 Å². The van der Waals surface area contributed by atoms with E-state index in [2.05, 4.69) is 15.9 Å². The van der Waals surface area contributed by atoms with Crippen molar-refractivity contribution >= 4 is 21.8 Å². The lowest BCUT2D eigenvalue weighted by Gasteiger charge is -2.20.